The molecule has 0 aromatic rings. The predicted molar refractivity (Wildman–Crippen MR) is 71.0 cm³/mol. The summed E-state index contributed by atoms with van der Waals surface area (Å²) >= 11 is 0. The first-order valence-corrected chi connectivity index (χ1v) is 6.55. The van der Waals surface area contributed by atoms with Gasteiger partial charge in [0, 0.05) is 12.2 Å². The van der Waals surface area contributed by atoms with Gasteiger partial charge in [0.2, 0.25) is 0 Å². The molecule has 4 nitrogen and oxygen atoms in total. The minimum atomic E-state index is -0.672. The molecule has 0 radical (unpaired) electrons. The van der Waals surface area contributed by atoms with Crippen LogP contribution in [0.1, 0.15) is 40.0 Å². The summed E-state index contributed by atoms with van der Waals surface area (Å²) in [4.78, 5) is 11.3. The Labute approximate surface area is 110 Å². The average Bonchev–Trinajstić information content (AvgIpc) is 2.38. The molecule has 0 spiro atoms. The van der Waals surface area contributed by atoms with Crippen LogP contribution in [0.2, 0.25) is 0 Å². The summed E-state index contributed by atoms with van der Waals surface area (Å²) in [5.41, 5.74) is 0.417. The summed E-state index contributed by atoms with van der Waals surface area (Å²) in [5.74, 6) is -0.156. The molecule has 0 aliphatic heterocycles. The van der Waals surface area contributed by atoms with Crippen LogP contribution in [0.4, 0.5) is 0 Å². The highest BCUT2D eigenvalue weighted by Crippen LogP contribution is 2.23. The Balaban J connectivity index is 4.60. The summed E-state index contributed by atoms with van der Waals surface area (Å²) in [6, 6.07) is 0. The van der Waals surface area contributed by atoms with Crippen LogP contribution < -0.4 is 0 Å². The van der Waals surface area contributed by atoms with Gasteiger partial charge in [0.15, 0.2) is 0 Å². The van der Waals surface area contributed by atoms with Crippen LogP contribution in [0.15, 0.2) is 11.6 Å². The third kappa shape index (κ3) is 5.65. The van der Waals surface area contributed by atoms with Crippen molar-refractivity contribution in [1.82, 2.24) is 0 Å². The lowest BCUT2D eigenvalue weighted by atomic mass is 9.87. The Bertz CT molecular complexity index is 269. The Morgan fingerprint density at radius 3 is 2.33 bits per heavy atom. The number of ether oxygens (including phenoxy) is 1. The van der Waals surface area contributed by atoms with Gasteiger partial charge in [-0.05, 0) is 31.3 Å². The second-order valence-corrected chi connectivity index (χ2v) is 4.69. The topological polar surface area (TPSA) is 66.8 Å². The first-order valence-electron chi connectivity index (χ1n) is 6.55. The highest BCUT2D eigenvalue weighted by molar-refractivity contribution is 5.87. The van der Waals surface area contributed by atoms with Gasteiger partial charge >= 0.3 is 5.97 Å². The highest BCUT2D eigenvalue weighted by atomic mass is 16.5. The Kier molecular flexibility index (Phi) is 8.67. The number of esters is 1. The number of aliphatic hydroxyl groups excluding tert-OH is 2. The standard InChI is InChI=1S/C14H26O4/c1-5-11(9-15)8-12(6-2)13(16)7-10(3)14(17)18-4/h7,11-13,15-16H,5-6,8-9H2,1-4H3. The molecule has 0 heterocycles. The van der Waals surface area contributed by atoms with E-state index < -0.39 is 12.1 Å². The molecule has 0 aromatic heterocycles. The maximum atomic E-state index is 11.3. The molecular weight excluding hydrogens is 232 g/mol. The molecule has 106 valence electrons. The van der Waals surface area contributed by atoms with Crippen molar-refractivity contribution in [2.75, 3.05) is 13.7 Å². The van der Waals surface area contributed by atoms with Crippen molar-refractivity contribution >= 4 is 5.97 Å². The van der Waals surface area contributed by atoms with E-state index in [1.165, 1.54) is 7.11 Å². The van der Waals surface area contributed by atoms with E-state index >= 15 is 0 Å². The van der Waals surface area contributed by atoms with Gasteiger partial charge in [0.25, 0.3) is 0 Å². The molecule has 0 fully saturated rings. The Morgan fingerprint density at radius 2 is 1.94 bits per heavy atom. The SMILES string of the molecule is CCC(CO)CC(CC)C(O)C=C(C)C(=O)OC. The zero-order valence-electron chi connectivity index (χ0n) is 11.8. The maximum absolute atomic E-state index is 11.3. The van der Waals surface area contributed by atoms with Crippen molar-refractivity contribution in [2.24, 2.45) is 11.8 Å². The number of hydrogen-bond acceptors (Lipinski definition) is 4. The molecule has 0 bridgehead atoms. The largest absolute Gasteiger partial charge is 0.466 e. The fraction of sp³-hybridized carbons (Fsp3) is 0.786. The van der Waals surface area contributed by atoms with Crippen molar-refractivity contribution in [3.63, 3.8) is 0 Å². The van der Waals surface area contributed by atoms with Crippen LogP contribution in [0.25, 0.3) is 0 Å². The van der Waals surface area contributed by atoms with Gasteiger partial charge in [-0.15, -0.1) is 0 Å². The van der Waals surface area contributed by atoms with Crippen molar-refractivity contribution in [1.29, 1.82) is 0 Å². The summed E-state index contributed by atoms with van der Waals surface area (Å²) in [6.45, 7) is 5.79. The summed E-state index contributed by atoms with van der Waals surface area (Å²) in [5, 5.41) is 19.3. The third-order valence-corrected chi connectivity index (χ3v) is 3.41. The quantitative estimate of drug-likeness (QED) is 0.515. The second kappa shape index (κ2) is 9.11. The number of carbonyl (C=O) groups is 1. The van der Waals surface area contributed by atoms with E-state index in [0.29, 0.717) is 5.57 Å². The number of aliphatic hydroxyl groups is 2. The maximum Gasteiger partial charge on any atom is 0.333 e. The minimum absolute atomic E-state index is 0.0571. The molecule has 3 unspecified atom stereocenters. The van der Waals surface area contributed by atoms with Crippen molar-refractivity contribution in [3.05, 3.63) is 11.6 Å². The Hall–Kier alpha value is -0.870. The van der Waals surface area contributed by atoms with E-state index in [1.54, 1.807) is 13.0 Å². The van der Waals surface area contributed by atoms with Gasteiger partial charge in [-0.2, -0.15) is 0 Å². The molecule has 18 heavy (non-hydrogen) atoms. The number of rotatable bonds is 8. The van der Waals surface area contributed by atoms with Gasteiger partial charge in [-0.1, -0.05) is 26.7 Å². The van der Waals surface area contributed by atoms with E-state index in [0.717, 1.165) is 19.3 Å². The summed E-state index contributed by atoms with van der Waals surface area (Å²) in [7, 11) is 1.32. The van der Waals surface area contributed by atoms with Gasteiger partial charge in [0.1, 0.15) is 0 Å². The number of hydrogen-bond donors (Lipinski definition) is 2. The zero-order valence-corrected chi connectivity index (χ0v) is 11.8. The average molecular weight is 258 g/mol. The molecule has 0 saturated heterocycles. The van der Waals surface area contributed by atoms with Gasteiger partial charge in [0.05, 0.1) is 13.2 Å². The van der Waals surface area contributed by atoms with Crippen molar-refractivity contribution in [3.8, 4) is 0 Å². The van der Waals surface area contributed by atoms with Crippen LogP contribution >= 0.6 is 0 Å². The molecule has 0 amide bonds. The predicted octanol–water partition coefficient (Wildman–Crippen LogP) is 1.90. The first-order chi connectivity index (χ1) is 8.49. The molecule has 0 saturated carbocycles. The van der Waals surface area contributed by atoms with E-state index in [1.807, 2.05) is 13.8 Å². The molecule has 0 rings (SSSR count). The third-order valence-electron chi connectivity index (χ3n) is 3.41. The lowest BCUT2D eigenvalue weighted by molar-refractivity contribution is -0.136. The monoisotopic (exact) mass is 258 g/mol. The van der Waals surface area contributed by atoms with E-state index in [4.69, 9.17) is 0 Å². The van der Waals surface area contributed by atoms with Crippen LogP contribution in [0.5, 0.6) is 0 Å². The van der Waals surface area contributed by atoms with Crippen molar-refractivity contribution in [2.45, 2.75) is 46.1 Å². The van der Waals surface area contributed by atoms with E-state index in [-0.39, 0.29) is 18.4 Å². The lowest BCUT2D eigenvalue weighted by Crippen LogP contribution is -2.23. The van der Waals surface area contributed by atoms with Crippen LogP contribution in [-0.4, -0.2) is 36.0 Å². The summed E-state index contributed by atoms with van der Waals surface area (Å²) < 4.78 is 4.59. The molecule has 3 atom stereocenters. The fourth-order valence-corrected chi connectivity index (χ4v) is 1.97. The lowest BCUT2D eigenvalue weighted by Gasteiger charge is -2.23. The molecule has 0 aliphatic carbocycles. The smallest absolute Gasteiger partial charge is 0.333 e. The number of methoxy groups -OCH3 is 1. The van der Waals surface area contributed by atoms with E-state index in [2.05, 4.69) is 4.74 Å². The first kappa shape index (κ1) is 17.1. The van der Waals surface area contributed by atoms with Crippen molar-refractivity contribution < 1.29 is 19.7 Å². The molecule has 0 aliphatic rings. The minimum Gasteiger partial charge on any atom is -0.466 e. The molecule has 0 aromatic carbocycles. The summed E-state index contributed by atoms with van der Waals surface area (Å²) in [6.07, 6.45) is 3.33. The highest BCUT2D eigenvalue weighted by Gasteiger charge is 2.20. The molecule has 4 heteroatoms. The second-order valence-electron chi connectivity index (χ2n) is 4.69. The van der Waals surface area contributed by atoms with Gasteiger partial charge in [-0.25, -0.2) is 4.79 Å². The number of carbonyl (C=O) groups excluding carboxylic acids is 1. The van der Waals surface area contributed by atoms with Gasteiger partial charge < -0.3 is 14.9 Å². The normalized spacial score (nSPS) is 17.1. The fourth-order valence-electron chi connectivity index (χ4n) is 1.97. The van der Waals surface area contributed by atoms with Crippen LogP contribution in [0, 0.1) is 11.8 Å². The van der Waals surface area contributed by atoms with Crippen LogP contribution in [0.3, 0.4) is 0 Å². The van der Waals surface area contributed by atoms with Gasteiger partial charge in [-0.3, -0.25) is 0 Å². The Morgan fingerprint density at radius 1 is 1.33 bits per heavy atom. The molecule has 2 N–H and O–H groups in total. The molecular formula is C14H26O4. The zero-order chi connectivity index (χ0) is 14.1. The van der Waals surface area contributed by atoms with Crippen LogP contribution in [-0.2, 0) is 9.53 Å². The van der Waals surface area contributed by atoms with E-state index in [9.17, 15) is 15.0 Å².